The van der Waals surface area contributed by atoms with Gasteiger partial charge in [0.1, 0.15) is 5.75 Å². The van der Waals surface area contributed by atoms with E-state index in [9.17, 15) is 13.2 Å². The third-order valence-electron chi connectivity index (χ3n) is 3.75. The molecule has 0 heterocycles. The fourth-order valence-electron chi connectivity index (χ4n) is 2.32. The van der Waals surface area contributed by atoms with E-state index in [1.54, 1.807) is 31.4 Å². The fraction of sp³-hybridized carbons (Fsp3) is 0.200. The van der Waals surface area contributed by atoms with Crippen LogP contribution in [0.5, 0.6) is 5.75 Å². The van der Waals surface area contributed by atoms with Crippen LogP contribution < -0.4 is 20.1 Å². The molecule has 0 aliphatic heterocycles. The molecule has 0 atom stereocenters. The number of sulfonamides is 1. The zero-order valence-corrected chi connectivity index (χ0v) is 17.8. The molecule has 9 heteroatoms. The monoisotopic (exact) mass is 433 g/mol. The first-order chi connectivity index (χ1) is 13.9. The molecule has 3 N–H and O–H groups in total. The van der Waals surface area contributed by atoms with E-state index < -0.39 is 15.9 Å². The van der Waals surface area contributed by atoms with Crippen molar-refractivity contribution in [3.05, 3.63) is 60.2 Å². The zero-order chi connectivity index (χ0) is 21.3. The van der Waals surface area contributed by atoms with Crippen LogP contribution in [0.15, 0.2) is 59.5 Å². The van der Waals surface area contributed by atoms with Gasteiger partial charge in [-0.05, 0) is 55.0 Å². The average molecular weight is 434 g/mol. The number of carbonyl (C=O) groups is 1. The van der Waals surface area contributed by atoms with E-state index in [-0.39, 0.29) is 10.0 Å². The van der Waals surface area contributed by atoms with Crippen molar-refractivity contribution in [1.29, 1.82) is 0 Å². The topological polar surface area (TPSA) is 96.5 Å². The van der Waals surface area contributed by atoms with Crippen molar-refractivity contribution >= 4 is 45.0 Å². The minimum Gasteiger partial charge on any atom is -0.496 e. The summed E-state index contributed by atoms with van der Waals surface area (Å²) in [6, 6.07) is 13.4. The Labute approximate surface area is 176 Å². The molecule has 0 fully saturated rings. The molecule has 0 saturated heterocycles. The van der Waals surface area contributed by atoms with Gasteiger partial charge >= 0.3 is 0 Å². The van der Waals surface area contributed by atoms with Gasteiger partial charge in [0.2, 0.25) is 15.9 Å². The van der Waals surface area contributed by atoms with E-state index in [1.165, 1.54) is 18.2 Å². The highest BCUT2D eigenvalue weighted by atomic mass is 32.2. The van der Waals surface area contributed by atoms with Gasteiger partial charge in [-0.1, -0.05) is 25.1 Å². The molecule has 0 radical (unpaired) electrons. The third kappa shape index (κ3) is 6.97. The Morgan fingerprint density at radius 3 is 2.48 bits per heavy atom. The smallest absolute Gasteiger partial charge is 0.250 e. The van der Waals surface area contributed by atoms with Gasteiger partial charge in [0.25, 0.3) is 0 Å². The second-order valence-electron chi connectivity index (χ2n) is 5.94. The number of rotatable bonds is 8. The van der Waals surface area contributed by atoms with Crippen LogP contribution in [0, 0.1) is 0 Å². The normalized spacial score (nSPS) is 11.2. The molecular formula is C20H23N3O4S2. The second kappa shape index (κ2) is 10.7. The first-order valence-corrected chi connectivity index (χ1v) is 10.8. The van der Waals surface area contributed by atoms with Crippen molar-refractivity contribution < 1.29 is 17.9 Å². The summed E-state index contributed by atoms with van der Waals surface area (Å²) in [5.41, 5.74) is 1.32. The second-order valence-corrected chi connectivity index (χ2v) is 8.12. The summed E-state index contributed by atoms with van der Waals surface area (Å²) in [5.74, 6) is 0.247. The average Bonchev–Trinajstić information content (AvgIpc) is 2.71. The van der Waals surface area contributed by atoms with Gasteiger partial charge in [0, 0.05) is 23.9 Å². The Morgan fingerprint density at radius 1 is 1.14 bits per heavy atom. The largest absolute Gasteiger partial charge is 0.496 e. The third-order valence-corrected chi connectivity index (χ3v) is 5.44. The number of anilines is 1. The van der Waals surface area contributed by atoms with Gasteiger partial charge in [-0.2, -0.15) is 0 Å². The molecule has 0 unspecified atom stereocenters. The number of carbonyl (C=O) groups excluding carboxylic acids is 1. The lowest BCUT2D eigenvalue weighted by Gasteiger charge is -2.10. The Morgan fingerprint density at radius 2 is 1.83 bits per heavy atom. The lowest BCUT2D eigenvalue weighted by molar-refractivity contribution is -0.115. The highest BCUT2D eigenvalue weighted by Gasteiger charge is 2.12. The van der Waals surface area contributed by atoms with Crippen molar-refractivity contribution in [2.45, 2.75) is 18.2 Å². The number of hydrogen-bond donors (Lipinski definition) is 3. The number of thiocarbonyl (C=S) groups is 1. The molecule has 0 spiro atoms. The Balaban J connectivity index is 1.93. The van der Waals surface area contributed by atoms with Crippen molar-refractivity contribution in [1.82, 2.24) is 10.0 Å². The number of amides is 1. The Kier molecular flexibility index (Phi) is 8.32. The van der Waals surface area contributed by atoms with Crippen LogP contribution >= 0.6 is 12.2 Å². The predicted molar refractivity (Wildman–Crippen MR) is 118 cm³/mol. The molecule has 0 aromatic heterocycles. The lowest BCUT2D eigenvalue weighted by atomic mass is 10.2. The van der Waals surface area contributed by atoms with Gasteiger partial charge in [0.05, 0.1) is 12.0 Å². The van der Waals surface area contributed by atoms with Crippen LogP contribution in [0.4, 0.5) is 5.69 Å². The molecule has 2 aromatic rings. The summed E-state index contributed by atoms with van der Waals surface area (Å²) in [7, 11) is -1.97. The van der Waals surface area contributed by atoms with Crippen molar-refractivity contribution in [2.75, 3.05) is 19.0 Å². The molecule has 154 valence electrons. The van der Waals surface area contributed by atoms with Crippen LogP contribution in [0.1, 0.15) is 18.9 Å². The number of nitrogens with one attached hydrogen (secondary N) is 3. The van der Waals surface area contributed by atoms with Crippen LogP contribution in [-0.2, 0) is 14.8 Å². The summed E-state index contributed by atoms with van der Waals surface area (Å²) in [5, 5.41) is 5.47. The molecule has 7 nitrogen and oxygen atoms in total. The zero-order valence-electron chi connectivity index (χ0n) is 16.1. The molecule has 29 heavy (non-hydrogen) atoms. The van der Waals surface area contributed by atoms with E-state index in [4.69, 9.17) is 17.0 Å². The lowest BCUT2D eigenvalue weighted by Crippen LogP contribution is -2.32. The van der Waals surface area contributed by atoms with Crippen LogP contribution in [0.3, 0.4) is 0 Å². The molecule has 2 rings (SSSR count). The molecule has 0 saturated carbocycles. The van der Waals surface area contributed by atoms with E-state index in [2.05, 4.69) is 15.4 Å². The van der Waals surface area contributed by atoms with Gasteiger partial charge in [-0.3, -0.25) is 10.1 Å². The quantitative estimate of drug-likeness (QED) is 0.438. The molecule has 0 aliphatic rings. The maximum absolute atomic E-state index is 12.1. The predicted octanol–water partition coefficient (Wildman–Crippen LogP) is 2.91. The van der Waals surface area contributed by atoms with Crippen LogP contribution in [0.2, 0.25) is 0 Å². The Bertz CT molecular complexity index is 987. The fourth-order valence-corrected chi connectivity index (χ4v) is 3.68. The molecule has 0 bridgehead atoms. The summed E-state index contributed by atoms with van der Waals surface area (Å²) >= 11 is 5.12. The number of benzene rings is 2. The van der Waals surface area contributed by atoms with E-state index in [0.717, 1.165) is 5.56 Å². The minimum absolute atomic E-state index is 0.0967. The van der Waals surface area contributed by atoms with E-state index in [0.29, 0.717) is 24.4 Å². The minimum atomic E-state index is -3.53. The first-order valence-electron chi connectivity index (χ1n) is 8.88. The molecule has 1 amide bonds. The van der Waals surface area contributed by atoms with Gasteiger partial charge in [0.15, 0.2) is 5.11 Å². The highest BCUT2D eigenvalue weighted by molar-refractivity contribution is 7.89. The van der Waals surface area contributed by atoms with Crippen molar-refractivity contribution in [3.63, 3.8) is 0 Å². The van der Waals surface area contributed by atoms with Crippen LogP contribution in [-0.4, -0.2) is 33.1 Å². The number of methoxy groups -OCH3 is 1. The first kappa shape index (κ1) is 22.5. The number of para-hydroxylation sites is 1. The maximum Gasteiger partial charge on any atom is 0.250 e. The summed E-state index contributed by atoms with van der Waals surface area (Å²) in [6.07, 6.45) is 3.68. The van der Waals surface area contributed by atoms with Crippen molar-refractivity contribution in [2.24, 2.45) is 0 Å². The summed E-state index contributed by atoms with van der Waals surface area (Å²) in [6.45, 7) is 2.26. The molecule has 2 aromatic carbocycles. The van der Waals surface area contributed by atoms with Crippen LogP contribution in [0.25, 0.3) is 6.08 Å². The van der Waals surface area contributed by atoms with Gasteiger partial charge in [-0.25, -0.2) is 13.1 Å². The van der Waals surface area contributed by atoms with Gasteiger partial charge < -0.3 is 10.1 Å². The van der Waals surface area contributed by atoms with E-state index in [1.807, 2.05) is 25.1 Å². The standard InChI is InChI=1S/C20H23N3O4S2/c1-3-14-21-29(25,26)17-11-9-16(10-12-17)22-20(28)23-19(24)13-8-15-6-4-5-7-18(15)27-2/h4-13,21H,3,14H2,1-2H3,(H2,22,23,24,28)/b13-8+. The van der Waals surface area contributed by atoms with Crippen molar-refractivity contribution in [3.8, 4) is 5.75 Å². The number of ether oxygens (including phenoxy) is 1. The highest BCUT2D eigenvalue weighted by Crippen LogP contribution is 2.18. The maximum atomic E-state index is 12.1. The molecule has 0 aliphatic carbocycles. The molecular weight excluding hydrogens is 410 g/mol. The Hall–Kier alpha value is -2.75. The SMILES string of the molecule is CCCNS(=O)(=O)c1ccc(NC(=S)NC(=O)/C=C/c2ccccc2OC)cc1. The summed E-state index contributed by atoms with van der Waals surface area (Å²) < 4.78 is 31.9. The summed E-state index contributed by atoms with van der Waals surface area (Å²) in [4.78, 5) is 12.2. The van der Waals surface area contributed by atoms with E-state index >= 15 is 0 Å². The number of hydrogen-bond acceptors (Lipinski definition) is 5. The van der Waals surface area contributed by atoms with Gasteiger partial charge in [-0.15, -0.1) is 0 Å².